The van der Waals surface area contributed by atoms with E-state index in [4.69, 9.17) is 110 Å². The van der Waals surface area contributed by atoms with Gasteiger partial charge in [-0.3, -0.25) is 0 Å². The molecule has 0 radical (unpaired) electrons. The first kappa shape index (κ1) is 140. The molecule has 0 spiro atoms. The summed E-state index contributed by atoms with van der Waals surface area (Å²) in [5.41, 5.74) is 0. The Balaban J connectivity index is -0.000000133. The molecule has 0 aliphatic carbocycles. The topological polar surface area (TPSA) is 64.2 Å². The van der Waals surface area contributed by atoms with Gasteiger partial charge in [-0.15, -0.1) is 0 Å². The number of hydrogen-bond donors (Lipinski definition) is 0. The van der Waals surface area contributed by atoms with Crippen molar-refractivity contribution in [3.05, 3.63) is 0 Å². The molecule has 0 fully saturated rings. The van der Waals surface area contributed by atoms with Crippen LogP contribution in [0.4, 0.5) is 0 Å². The minimum absolute atomic E-state index is 0. The van der Waals surface area contributed by atoms with Gasteiger partial charge in [0.25, 0.3) is 0 Å². The molecule has 0 N–H and O–H groups in total. The van der Waals surface area contributed by atoms with Crippen LogP contribution in [-0.4, -0.2) is 89.2 Å². The normalized spacial score (nSPS) is 10.2. The maximum absolute atomic E-state index is 8.26. The Morgan fingerprint density at radius 1 is 0.158 bits per heavy atom. The molecule has 0 rings (SSSR count). The Kier molecular flexibility index (Phi) is 165. The SMILES string of the molecule is CCCCCCCCCCCN(CCCCCCCCCCC)C(=S)[S-].CCCCCCCCCCCN(CCCCCCCCCCC)C(=S)[S-].CCCCCCCCCCCN(CCCCCCCCCCC)C(=S)[S-].CCCCCCCCCCCN(CCCCCCCCCCC)C(=S)[S-].[O]=[Mo+4].[O]=[Mo+4].[O]=[Mo+4].[S-2].[S-2].[S-2].[S-2]. The van der Waals surface area contributed by atoms with Crippen LogP contribution in [0.2, 0.25) is 0 Å². The fraction of sp³-hybridized carbons (Fsp3) is 0.957. The minimum atomic E-state index is 0. The molecule has 22 heteroatoms. The Morgan fingerprint density at radius 3 is 0.281 bits per heavy atom. The Bertz CT molecular complexity index is 1420. The van der Waals surface area contributed by atoms with E-state index in [-0.39, 0.29) is 54.0 Å². The molecule has 0 saturated heterocycles. The number of nitrogens with zero attached hydrogens (tertiary/aromatic N) is 4. The predicted molar refractivity (Wildman–Crippen MR) is 535 cm³/mol. The van der Waals surface area contributed by atoms with Gasteiger partial charge in [-0.25, -0.2) is 0 Å². The summed E-state index contributed by atoms with van der Waals surface area (Å²) in [5.74, 6) is 0. The van der Waals surface area contributed by atoms with Crippen LogP contribution >= 0.6 is 48.9 Å². The summed E-state index contributed by atoms with van der Waals surface area (Å²) in [7, 11) is 0. The van der Waals surface area contributed by atoms with Gasteiger partial charge in [-0.05, 0) is 51.4 Å². The molecule has 0 aliphatic rings. The first-order chi connectivity index (χ1) is 53.9. The molecule has 7 nitrogen and oxygen atoms in total. The maximum Gasteiger partial charge on any atom is -2.00 e. The monoisotopic (exact) mass is 2070 g/mol. The molecule has 0 heterocycles. The van der Waals surface area contributed by atoms with Crippen LogP contribution in [0, 0.1) is 0 Å². The van der Waals surface area contributed by atoms with Crippen LogP contribution in [0.3, 0.4) is 0 Å². The first-order valence-corrected chi connectivity index (χ1v) is 52.9. The van der Waals surface area contributed by atoms with Gasteiger partial charge in [-0.2, -0.15) is 0 Å². The summed E-state index contributed by atoms with van der Waals surface area (Å²) in [4.78, 5) is 9.08. The summed E-state index contributed by atoms with van der Waals surface area (Å²) in [6.07, 6.45) is 99.1. The molecule has 0 bridgehead atoms. The van der Waals surface area contributed by atoms with Crippen molar-refractivity contribution in [2.75, 3.05) is 52.4 Å². The van der Waals surface area contributed by atoms with Crippen LogP contribution < -0.4 is 0 Å². The summed E-state index contributed by atoms with van der Waals surface area (Å²) in [6.45, 7) is 26.9. The Hall–Kier alpha value is 3.30. The Morgan fingerprint density at radius 2 is 0.219 bits per heavy atom. The molecule has 0 aliphatic heterocycles. The predicted octanol–water partition coefficient (Wildman–Crippen LogP) is 32.4. The number of unbranched alkanes of at least 4 members (excludes halogenated alkanes) is 64. The molecule has 0 saturated carbocycles. The van der Waals surface area contributed by atoms with Crippen molar-refractivity contribution in [1.82, 2.24) is 19.6 Å². The minimum Gasteiger partial charge on any atom is -2.00 e. The molecule has 0 aromatic rings. The van der Waals surface area contributed by atoms with Gasteiger partial charge in [0.1, 0.15) is 0 Å². The van der Waals surface area contributed by atoms with Gasteiger partial charge in [0.15, 0.2) is 0 Å². The van der Waals surface area contributed by atoms with Crippen LogP contribution in [0.15, 0.2) is 0 Å². The second-order valence-corrected chi connectivity index (χ2v) is 35.8. The zero-order valence-corrected chi connectivity index (χ0v) is 91.5. The van der Waals surface area contributed by atoms with E-state index in [2.05, 4.69) is 75.0 Å². The van der Waals surface area contributed by atoms with E-state index in [9.17, 15) is 0 Å². The molecular weight excluding hydrogens is 1880 g/mol. The average Bonchev–Trinajstić information content (AvgIpc) is 0.992. The zero-order chi connectivity index (χ0) is 83.2. The third-order valence-corrected chi connectivity index (χ3v) is 23.4. The standard InChI is InChI=1S/4C23H47NS2.3Mo.3O.4S/c4*1-3-5-7-9-11-13-15-17-19-21-24(23(25)26)22-20-18-16-14-12-10-8-6-4-2;;;;;;;;;;/h4*3-22H2,1-2H3,(H,25,26);;;;;;;;;;/q;;;;3*+4;;;;4*-2/p-4. The van der Waals surface area contributed by atoms with Crippen molar-refractivity contribution in [3.8, 4) is 0 Å². The molecule has 0 aromatic carbocycles. The molecule has 114 heavy (non-hydrogen) atoms. The van der Waals surface area contributed by atoms with Crippen molar-refractivity contribution in [1.29, 1.82) is 0 Å². The van der Waals surface area contributed by atoms with Crippen LogP contribution in [0.1, 0.15) is 518 Å². The molecular formula is C92H184Mo3N4O3S12. The van der Waals surface area contributed by atoms with Gasteiger partial charge in [-0.1, -0.05) is 484 Å². The molecule has 0 atom stereocenters. The summed E-state index contributed by atoms with van der Waals surface area (Å²) >= 11 is 44.3. The quantitative estimate of drug-likeness (QED) is 0.0251. The second-order valence-electron chi connectivity index (χ2n) is 31.6. The third kappa shape index (κ3) is 131. The first-order valence-electron chi connectivity index (χ1n) is 47.2. The number of rotatable bonds is 80. The van der Waals surface area contributed by atoms with E-state index in [1.165, 1.54) is 462 Å². The van der Waals surface area contributed by atoms with Crippen molar-refractivity contribution < 1.29 is 69.5 Å². The fourth-order valence-corrected chi connectivity index (χ4v) is 15.5. The molecule has 0 aromatic heterocycles. The van der Waals surface area contributed by atoms with Crippen LogP contribution in [0.5, 0.6) is 0 Å². The summed E-state index contributed by atoms with van der Waals surface area (Å²) in [6, 6.07) is 0. The summed E-state index contributed by atoms with van der Waals surface area (Å²) in [5, 5.41) is 0. The van der Waals surface area contributed by atoms with E-state index in [1.807, 2.05) is 0 Å². The van der Waals surface area contributed by atoms with E-state index < -0.39 is 0 Å². The van der Waals surface area contributed by atoms with Crippen LogP contribution in [-0.2, 0) is 174 Å². The number of thiocarbonyl (C=S) groups is 4. The van der Waals surface area contributed by atoms with Gasteiger partial charge in [0.05, 0.1) is 0 Å². The van der Waals surface area contributed by atoms with E-state index in [1.54, 1.807) is 0 Å². The van der Waals surface area contributed by atoms with E-state index in [0.29, 0.717) is 76.6 Å². The fourth-order valence-electron chi connectivity index (χ4n) is 14.1. The third-order valence-electron chi connectivity index (χ3n) is 21.3. The Labute approximate surface area is 820 Å². The smallest absolute Gasteiger partial charge is 2.00 e. The van der Waals surface area contributed by atoms with Gasteiger partial charge >= 0.3 is 69.5 Å². The molecule has 0 unspecified atom stereocenters. The zero-order valence-electron chi connectivity index (χ0n) is 75.7. The second kappa shape index (κ2) is 134. The van der Waals surface area contributed by atoms with Gasteiger partial charge < -0.3 is 173 Å². The van der Waals surface area contributed by atoms with Crippen molar-refractivity contribution in [2.24, 2.45) is 0 Å². The van der Waals surface area contributed by atoms with Crippen molar-refractivity contribution >= 4 is 171 Å². The van der Waals surface area contributed by atoms with E-state index in [0.717, 1.165) is 52.4 Å². The molecule has 0 amide bonds. The van der Waals surface area contributed by atoms with Gasteiger partial charge in [0.2, 0.25) is 0 Å². The average molecular weight is 2070 g/mol. The number of hydrogen-bond acceptors (Lipinski definition) is 11. The van der Waals surface area contributed by atoms with Crippen LogP contribution in [0.25, 0.3) is 0 Å². The molecule has 680 valence electrons. The van der Waals surface area contributed by atoms with Gasteiger partial charge in [0, 0.05) is 52.4 Å². The maximum atomic E-state index is 8.26. The van der Waals surface area contributed by atoms with E-state index >= 15 is 0 Å². The van der Waals surface area contributed by atoms with Crippen molar-refractivity contribution in [2.45, 2.75) is 518 Å². The largest absolute Gasteiger partial charge is 2.00 e. The summed E-state index contributed by atoms with van der Waals surface area (Å²) < 4.78 is 27.5. The van der Waals surface area contributed by atoms with Crippen molar-refractivity contribution in [3.63, 3.8) is 0 Å².